The van der Waals surface area contributed by atoms with Gasteiger partial charge in [0.2, 0.25) is 0 Å². The number of nitro benzene ring substituents is 2. The molecule has 2 aromatic heterocycles. The molecule has 4 aromatic carbocycles. The van der Waals surface area contributed by atoms with Gasteiger partial charge in [-0.05, 0) is 12.1 Å². The summed E-state index contributed by atoms with van der Waals surface area (Å²) >= 11 is 0. The van der Waals surface area contributed by atoms with E-state index in [1.54, 1.807) is 12.1 Å². The van der Waals surface area contributed by atoms with Crippen LogP contribution < -0.4 is 0 Å². The van der Waals surface area contributed by atoms with Gasteiger partial charge in [-0.2, -0.15) is 26.3 Å². The second-order valence-electron chi connectivity index (χ2n) is 10.7. The Balaban J connectivity index is 1.69. The maximum atomic E-state index is 16.3. The fourth-order valence-corrected chi connectivity index (χ4v) is 5.87. The Morgan fingerprint density at radius 3 is 1.23 bits per heavy atom. The molecule has 0 amide bonds. The van der Waals surface area contributed by atoms with Crippen LogP contribution in [-0.2, 0) is 0 Å². The third-order valence-corrected chi connectivity index (χ3v) is 8.01. The lowest BCUT2D eigenvalue weighted by atomic mass is 9.89. The first-order valence-corrected chi connectivity index (χ1v) is 13.7. The van der Waals surface area contributed by atoms with Crippen molar-refractivity contribution in [1.82, 2.24) is 0 Å². The maximum absolute atomic E-state index is 16.3. The van der Waals surface area contributed by atoms with Crippen molar-refractivity contribution in [1.29, 1.82) is 0 Å². The van der Waals surface area contributed by atoms with Crippen LogP contribution in [0.4, 0.5) is 37.7 Å². The van der Waals surface area contributed by atoms with Crippen LogP contribution in [0.1, 0.15) is 11.1 Å². The Kier molecular flexibility index (Phi) is 6.36. The molecule has 0 unspecified atom stereocenters. The van der Waals surface area contributed by atoms with Gasteiger partial charge >= 0.3 is 17.8 Å². The summed E-state index contributed by atoms with van der Waals surface area (Å²) in [5.74, 6) is -18.1. The molecular formula is C33H16F6N2O6. The number of nitrogens with zero attached hydrogens (tertiary/aromatic N) is 2. The Hall–Kier alpha value is -5.92. The summed E-state index contributed by atoms with van der Waals surface area (Å²) in [5.41, 5.74) is -7.08. The van der Waals surface area contributed by atoms with E-state index < -0.39 is 83.9 Å². The van der Waals surface area contributed by atoms with Gasteiger partial charge in [-0.3, -0.25) is 20.2 Å². The number of fused-ring (bicyclic) bond motifs is 2. The van der Waals surface area contributed by atoms with Crippen molar-refractivity contribution in [2.75, 3.05) is 0 Å². The van der Waals surface area contributed by atoms with Gasteiger partial charge in [0, 0.05) is 56.3 Å². The molecule has 1 aliphatic carbocycles. The van der Waals surface area contributed by atoms with Crippen molar-refractivity contribution >= 4 is 44.5 Å². The first-order chi connectivity index (χ1) is 22.3. The number of benzene rings is 4. The molecule has 0 saturated carbocycles. The quantitative estimate of drug-likeness (QED) is 0.101. The molecule has 14 heteroatoms. The topological polar surface area (TPSA) is 113 Å². The summed E-state index contributed by atoms with van der Waals surface area (Å²) in [6, 6.07) is 19.9. The molecule has 0 N–H and O–H groups in total. The zero-order chi connectivity index (χ0) is 33.5. The first-order valence-electron chi connectivity index (χ1n) is 13.7. The van der Waals surface area contributed by atoms with E-state index in [1.165, 1.54) is 48.5 Å². The molecule has 0 aliphatic heterocycles. The minimum atomic E-state index is -6.00. The van der Waals surface area contributed by atoms with Gasteiger partial charge < -0.3 is 8.83 Å². The highest BCUT2D eigenvalue weighted by Crippen LogP contribution is 2.67. The lowest BCUT2D eigenvalue weighted by Gasteiger charge is -2.26. The monoisotopic (exact) mass is 650 g/mol. The lowest BCUT2D eigenvalue weighted by molar-refractivity contribution is -0.384. The Morgan fingerprint density at radius 1 is 0.532 bits per heavy atom. The number of hydrogen-bond donors (Lipinski definition) is 0. The van der Waals surface area contributed by atoms with Crippen molar-refractivity contribution < 1.29 is 45.0 Å². The highest BCUT2D eigenvalue weighted by atomic mass is 19.3. The molecule has 0 spiro atoms. The van der Waals surface area contributed by atoms with E-state index in [0.29, 0.717) is 0 Å². The smallest absolute Gasteiger partial charge is 0.380 e. The fourth-order valence-electron chi connectivity index (χ4n) is 5.87. The van der Waals surface area contributed by atoms with Gasteiger partial charge in [-0.25, -0.2) is 0 Å². The zero-order valence-electron chi connectivity index (χ0n) is 23.3. The van der Waals surface area contributed by atoms with Crippen molar-refractivity contribution in [3.8, 4) is 22.6 Å². The van der Waals surface area contributed by atoms with Crippen LogP contribution in [0.25, 0.3) is 55.7 Å². The normalized spacial score (nSPS) is 16.6. The van der Waals surface area contributed by atoms with E-state index in [9.17, 15) is 20.2 Å². The lowest BCUT2D eigenvalue weighted by Crippen LogP contribution is -2.48. The number of allylic oxidation sites excluding steroid dienone is 2. The molecule has 0 saturated heterocycles. The van der Waals surface area contributed by atoms with E-state index >= 15 is 26.3 Å². The average molecular weight is 650 g/mol. The first kappa shape index (κ1) is 29.8. The van der Waals surface area contributed by atoms with Gasteiger partial charge in [0.1, 0.15) is 22.7 Å². The maximum Gasteiger partial charge on any atom is 0.380 e. The minimum absolute atomic E-state index is 0.0264. The average Bonchev–Trinajstić information content (AvgIpc) is 3.64. The fraction of sp³-hybridized carbons (Fsp3) is 0.0909. The number of rotatable bonds is 6. The van der Waals surface area contributed by atoms with Crippen LogP contribution in [0.2, 0.25) is 0 Å². The second-order valence-corrected chi connectivity index (χ2v) is 10.7. The van der Waals surface area contributed by atoms with Crippen LogP contribution in [-0.4, -0.2) is 27.6 Å². The van der Waals surface area contributed by atoms with Crippen LogP contribution in [0.15, 0.2) is 106 Å². The molecule has 6 aromatic rings. The van der Waals surface area contributed by atoms with E-state index in [-0.39, 0.29) is 21.9 Å². The number of alkyl halides is 6. The van der Waals surface area contributed by atoms with E-state index in [2.05, 4.69) is 0 Å². The predicted molar refractivity (Wildman–Crippen MR) is 158 cm³/mol. The minimum Gasteiger partial charge on any atom is -0.455 e. The third-order valence-electron chi connectivity index (χ3n) is 8.01. The number of halogens is 6. The molecule has 0 fully saturated rings. The van der Waals surface area contributed by atoms with E-state index in [4.69, 9.17) is 8.83 Å². The largest absolute Gasteiger partial charge is 0.455 e. The Bertz CT molecular complexity index is 2140. The second kappa shape index (κ2) is 10.0. The van der Waals surface area contributed by atoms with Gasteiger partial charge in [0.05, 0.1) is 22.0 Å². The number of furan rings is 2. The van der Waals surface area contributed by atoms with Crippen molar-refractivity contribution in [3.63, 3.8) is 0 Å². The van der Waals surface area contributed by atoms with Crippen molar-refractivity contribution in [2.45, 2.75) is 17.8 Å². The summed E-state index contributed by atoms with van der Waals surface area (Å²) in [7, 11) is 0. The summed E-state index contributed by atoms with van der Waals surface area (Å²) < 4.78 is 108. The molecule has 7 rings (SSSR count). The number of hydrogen-bond acceptors (Lipinski definition) is 6. The third kappa shape index (κ3) is 4.17. The highest BCUT2D eigenvalue weighted by Gasteiger charge is 2.81. The van der Waals surface area contributed by atoms with E-state index in [1.807, 2.05) is 0 Å². The molecule has 1 aliphatic rings. The molecular weight excluding hydrogens is 634 g/mol. The Labute approximate surface area is 258 Å². The molecule has 8 nitrogen and oxygen atoms in total. The van der Waals surface area contributed by atoms with Crippen molar-refractivity contribution in [3.05, 3.63) is 128 Å². The van der Waals surface area contributed by atoms with E-state index in [0.717, 1.165) is 36.4 Å². The van der Waals surface area contributed by atoms with Gasteiger partial charge in [0.15, 0.2) is 0 Å². The number of nitro groups is 2. The van der Waals surface area contributed by atoms with Gasteiger partial charge in [-0.1, -0.05) is 60.7 Å². The molecule has 236 valence electrons. The van der Waals surface area contributed by atoms with Crippen LogP contribution in [0.3, 0.4) is 0 Å². The molecule has 0 bridgehead atoms. The van der Waals surface area contributed by atoms with Crippen molar-refractivity contribution in [2.24, 2.45) is 0 Å². The molecule has 0 atom stereocenters. The van der Waals surface area contributed by atoms with Crippen LogP contribution in [0, 0.1) is 20.2 Å². The molecule has 0 radical (unpaired) electrons. The van der Waals surface area contributed by atoms with Gasteiger partial charge in [0.25, 0.3) is 11.4 Å². The highest BCUT2D eigenvalue weighted by molar-refractivity contribution is 6.15. The molecule has 47 heavy (non-hydrogen) atoms. The molecule has 2 heterocycles. The van der Waals surface area contributed by atoms with Crippen LogP contribution in [0.5, 0.6) is 0 Å². The summed E-state index contributed by atoms with van der Waals surface area (Å²) in [6.07, 6.45) is 0. The predicted octanol–water partition coefficient (Wildman–Crippen LogP) is 10.2. The van der Waals surface area contributed by atoms with Crippen LogP contribution >= 0.6 is 0 Å². The number of non-ortho nitro benzene ring substituents is 2. The summed E-state index contributed by atoms with van der Waals surface area (Å²) in [4.78, 5) is 21.4. The summed E-state index contributed by atoms with van der Waals surface area (Å²) in [6.45, 7) is 0. The Morgan fingerprint density at radius 2 is 0.894 bits per heavy atom. The zero-order valence-corrected chi connectivity index (χ0v) is 23.3. The standard InChI is InChI=1S/C33H16F6N2O6/c34-31(35)27(25-21-13-11-19(40(42)43)15-23(21)46-29(25)17-7-3-1-4-8-17)28(32(36,37)33(31,38)39)26-22-14-12-20(41(44)45)16-24(22)47-30(26)18-9-5-2-6-10-18/h1-16H. The summed E-state index contributed by atoms with van der Waals surface area (Å²) in [5, 5.41) is 22.2. The SMILES string of the molecule is O=[N+]([O-])c1ccc2c(C3=C(c4c(-c5ccccc5)oc5cc([N+](=O)[O-])ccc45)C(F)(F)C(F)(F)C3(F)F)c(-c3ccccc3)oc2c1. The van der Waals surface area contributed by atoms with Gasteiger partial charge in [-0.15, -0.1) is 0 Å².